The van der Waals surface area contributed by atoms with Crippen molar-refractivity contribution < 1.29 is 9.53 Å². The van der Waals surface area contributed by atoms with Gasteiger partial charge >= 0.3 is 0 Å². The molecule has 1 fully saturated rings. The van der Waals surface area contributed by atoms with Gasteiger partial charge in [0.15, 0.2) is 0 Å². The van der Waals surface area contributed by atoms with E-state index in [0.29, 0.717) is 6.61 Å². The molecule has 1 aliphatic rings. The number of likely N-dealkylation sites (tertiary alicyclic amines) is 1. The van der Waals surface area contributed by atoms with Crippen molar-refractivity contribution in [2.45, 2.75) is 32.6 Å². The SMILES string of the molecule is CCOc1ccc(/C=C/C(=O)N2CCCCCC2)cc1. The minimum Gasteiger partial charge on any atom is -0.494 e. The number of hydrogen-bond acceptors (Lipinski definition) is 2. The molecule has 1 aromatic rings. The lowest BCUT2D eigenvalue weighted by molar-refractivity contribution is -0.125. The van der Waals surface area contributed by atoms with Crippen molar-refractivity contribution in [2.24, 2.45) is 0 Å². The van der Waals surface area contributed by atoms with Crippen LogP contribution in [0.1, 0.15) is 38.2 Å². The lowest BCUT2D eigenvalue weighted by Gasteiger charge is -2.17. The highest BCUT2D eigenvalue weighted by Gasteiger charge is 2.12. The van der Waals surface area contributed by atoms with Crippen molar-refractivity contribution in [3.05, 3.63) is 35.9 Å². The van der Waals surface area contributed by atoms with E-state index in [1.807, 2.05) is 42.2 Å². The maximum atomic E-state index is 12.1. The van der Waals surface area contributed by atoms with Gasteiger partial charge in [-0.2, -0.15) is 0 Å². The van der Waals surface area contributed by atoms with Crippen LogP contribution in [-0.4, -0.2) is 30.5 Å². The molecule has 0 aromatic heterocycles. The first kappa shape index (κ1) is 14.6. The Labute approximate surface area is 121 Å². The van der Waals surface area contributed by atoms with Crippen LogP contribution >= 0.6 is 0 Å². The second-order valence-electron chi connectivity index (χ2n) is 5.07. The van der Waals surface area contributed by atoms with Gasteiger partial charge < -0.3 is 9.64 Å². The van der Waals surface area contributed by atoms with Crippen LogP contribution in [0.4, 0.5) is 0 Å². The third-order valence-corrected chi connectivity index (χ3v) is 3.53. The van der Waals surface area contributed by atoms with Gasteiger partial charge in [0.1, 0.15) is 5.75 Å². The monoisotopic (exact) mass is 273 g/mol. The van der Waals surface area contributed by atoms with Gasteiger partial charge in [0.05, 0.1) is 6.61 Å². The number of benzene rings is 1. The van der Waals surface area contributed by atoms with Gasteiger partial charge in [-0.25, -0.2) is 0 Å². The van der Waals surface area contributed by atoms with E-state index in [4.69, 9.17) is 4.74 Å². The van der Waals surface area contributed by atoms with Crippen LogP contribution in [0.3, 0.4) is 0 Å². The van der Waals surface area contributed by atoms with E-state index in [0.717, 1.165) is 37.2 Å². The van der Waals surface area contributed by atoms with E-state index in [1.165, 1.54) is 12.8 Å². The van der Waals surface area contributed by atoms with Gasteiger partial charge in [-0.3, -0.25) is 4.79 Å². The fourth-order valence-corrected chi connectivity index (χ4v) is 2.41. The summed E-state index contributed by atoms with van der Waals surface area (Å²) in [6.07, 6.45) is 8.30. The Balaban J connectivity index is 1.92. The van der Waals surface area contributed by atoms with Crippen LogP contribution in [0.5, 0.6) is 5.75 Å². The van der Waals surface area contributed by atoms with Crippen molar-refractivity contribution in [1.82, 2.24) is 4.90 Å². The predicted molar refractivity (Wildman–Crippen MR) is 81.7 cm³/mol. The van der Waals surface area contributed by atoms with Gasteiger partial charge in [-0.15, -0.1) is 0 Å². The van der Waals surface area contributed by atoms with Crippen molar-refractivity contribution in [3.8, 4) is 5.75 Å². The Bertz CT molecular complexity index is 443. The molecule has 2 rings (SSSR count). The van der Waals surface area contributed by atoms with Gasteiger partial charge in [0.25, 0.3) is 0 Å². The molecule has 0 bridgehead atoms. The molecule has 0 atom stereocenters. The van der Waals surface area contributed by atoms with Crippen LogP contribution in [-0.2, 0) is 4.79 Å². The Hall–Kier alpha value is -1.77. The molecule has 0 spiro atoms. The second kappa shape index (κ2) is 7.73. The molecule has 3 heteroatoms. The number of carbonyl (C=O) groups excluding carboxylic acids is 1. The molecule has 0 saturated carbocycles. The van der Waals surface area contributed by atoms with E-state index in [9.17, 15) is 4.79 Å². The lowest BCUT2D eigenvalue weighted by atomic mass is 10.2. The predicted octanol–water partition coefficient (Wildman–Crippen LogP) is 3.50. The number of amides is 1. The van der Waals surface area contributed by atoms with E-state index >= 15 is 0 Å². The first-order chi connectivity index (χ1) is 9.79. The summed E-state index contributed by atoms with van der Waals surface area (Å²) >= 11 is 0. The van der Waals surface area contributed by atoms with Crippen LogP contribution in [0.2, 0.25) is 0 Å². The maximum Gasteiger partial charge on any atom is 0.246 e. The van der Waals surface area contributed by atoms with Crippen molar-refractivity contribution >= 4 is 12.0 Å². The molecule has 1 saturated heterocycles. The molecule has 108 valence electrons. The fraction of sp³-hybridized carbons (Fsp3) is 0.471. The number of carbonyl (C=O) groups is 1. The smallest absolute Gasteiger partial charge is 0.246 e. The zero-order chi connectivity index (χ0) is 14.2. The first-order valence-electron chi connectivity index (χ1n) is 7.49. The summed E-state index contributed by atoms with van der Waals surface area (Å²) in [6, 6.07) is 7.80. The Kier molecular flexibility index (Phi) is 5.66. The molecule has 0 N–H and O–H groups in total. The molecular weight excluding hydrogens is 250 g/mol. The molecule has 1 amide bonds. The second-order valence-corrected chi connectivity index (χ2v) is 5.07. The first-order valence-corrected chi connectivity index (χ1v) is 7.49. The highest BCUT2D eigenvalue weighted by molar-refractivity contribution is 5.91. The molecule has 1 aromatic carbocycles. The van der Waals surface area contributed by atoms with Crippen LogP contribution in [0.25, 0.3) is 6.08 Å². The minimum absolute atomic E-state index is 0.126. The fourth-order valence-electron chi connectivity index (χ4n) is 2.41. The zero-order valence-electron chi connectivity index (χ0n) is 12.2. The zero-order valence-corrected chi connectivity index (χ0v) is 12.2. The van der Waals surface area contributed by atoms with Crippen LogP contribution in [0, 0.1) is 0 Å². The van der Waals surface area contributed by atoms with E-state index in [1.54, 1.807) is 6.08 Å². The minimum atomic E-state index is 0.126. The number of nitrogens with zero attached hydrogens (tertiary/aromatic N) is 1. The highest BCUT2D eigenvalue weighted by atomic mass is 16.5. The van der Waals surface area contributed by atoms with Gasteiger partial charge in [-0.05, 0) is 43.5 Å². The number of hydrogen-bond donors (Lipinski definition) is 0. The summed E-state index contributed by atoms with van der Waals surface area (Å²) in [6.45, 7) is 4.43. The van der Waals surface area contributed by atoms with Gasteiger partial charge in [0.2, 0.25) is 5.91 Å². The van der Waals surface area contributed by atoms with Crippen molar-refractivity contribution in [1.29, 1.82) is 0 Å². The van der Waals surface area contributed by atoms with Crippen LogP contribution in [0.15, 0.2) is 30.3 Å². The Morgan fingerprint density at radius 2 is 1.80 bits per heavy atom. The third kappa shape index (κ3) is 4.41. The summed E-state index contributed by atoms with van der Waals surface area (Å²) in [7, 11) is 0. The summed E-state index contributed by atoms with van der Waals surface area (Å²) in [5.74, 6) is 0.990. The standard InChI is InChI=1S/C17H23NO2/c1-2-20-16-10-7-15(8-11-16)9-12-17(19)18-13-5-3-4-6-14-18/h7-12H,2-6,13-14H2,1H3/b12-9+. The van der Waals surface area contributed by atoms with Crippen molar-refractivity contribution in [2.75, 3.05) is 19.7 Å². The highest BCUT2D eigenvalue weighted by Crippen LogP contribution is 2.14. The summed E-state index contributed by atoms with van der Waals surface area (Å²) in [5, 5.41) is 0. The Morgan fingerprint density at radius 1 is 1.15 bits per heavy atom. The quantitative estimate of drug-likeness (QED) is 0.786. The van der Waals surface area contributed by atoms with E-state index < -0.39 is 0 Å². The normalized spacial score (nSPS) is 16.1. The lowest BCUT2D eigenvalue weighted by Crippen LogP contribution is -2.30. The van der Waals surface area contributed by atoms with Gasteiger partial charge in [0, 0.05) is 19.2 Å². The summed E-state index contributed by atoms with van der Waals surface area (Å²) < 4.78 is 5.40. The molecule has 0 radical (unpaired) electrons. The topological polar surface area (TPSA) is 29.5 Å². The van der Waals surface area contributed by atoms with Gasteiger partial charge in [-0.1, -0.05) is 25.0 Å². The molecule has 0 aliphatic carbocycles. The number of rotatable bonds is 4. The molecule has 3 nitrogen and oxygen atoms in total. The average Bonchev–Trinajstić information content (AvgIpc) is 2.76. The third-order valence-electron chi connectivity index (χ3n) is 3.53. The van der Waals surface area contributed by atoms with Crippen LogP contribution < -0.4 is 4.74 Å². The Morgan fingerprint density at radius 3 is 2.40 bits per heavy atom. The average molecular weight is 273 g/mol. The molecule has 1 aliphatic heterocycles. The largest absolute Gasteiger partial charge is 0.494 e. The van der Waals surface area contributed by atoms with Crippen molar-refractivity contribution in [3.63, 3.8) is 0 Å². The molecular formula is C17H23NO2. The summed E-state index contributed by atoms with van der Waals surface area (Å²) in [5.41, 5.74) is 1.02. The van der Waals surface area contributed by atoms with E-state index in [2.05, 4.69) is 0 Å². The number of ether oxygens (including phenoxy) is 1. The van der Waals surface area contributed by atoms with E-state index in [-0.39, 0.29) is 5.91 Å². The molecule has 20 heavy (non-hydrogen) atoms. The summed E-state index contributed by atoms with van der Waals surface area (Å²) in [4.78, 5) is 14.1. The maximum absolute atomic E-state index is 12.1. The molecule has 0 unspecified atom stereocenters. The molecule has 1 heterocycles.